The maximum absolute atomic E-state index is 6.48. The quantitative estimate of drug-likeness (QED) is 0.654. The Bertz CT molecular complexity index is 642. The lowest BCUT2D eigenvalue weighted by molar-refractivity contribution is 0.927. The molecule has 1 nitrogen and oxygen atoms in total. The van der Waals surface area contributed by atoms with Crippen LogP contribution in [-0.4, -0.2) is 4.98 Å². The lowest BCUT2D eigenvalue weighted by Gasteiger charge is -2.08. The maximum Gasteiger partial charge on any atom is 0.0626 e. The van der Waals surface area contributed by atoms with Crippen LogP contribution in [0.15, 0.2) is 60.8 Å². The largest absolute Gasteiger partial charge is 0.361 e. The first-order valence-corrected chi connectivity index (χ1v) is 6.52. The Morgan fingerprint density at radius 2 is 1.67 bits per heavy atom. The Hall–Kier alpha value is -1.73. The Morgan fingerprint density at radius 1 is 0.944 bits per heavy atom. The smallest absolute Gasteiger partial charge is 0.0626 e. The molecule has 1 atom stereocenters. The zero-order valence-electron chi connectivity index (χ0n) is 9.94. The van der Waals surface area contributed by atoms with Gasteiger partial charge in [-0.2, -0.15) is 0 Å². The normalized spacial score (nSPS) is 12.7. The average Bonchev–Trinajstić information content (AvgIpc) is 2.83. The molecule has 2 heteroatoms. The number of alkyl halides is 1. The van der Waals surface area contributed by atoms with Crippen LogP contribution in [0.25, 0.3) is 10.9 Å². The summed E-state index contributed by atoms with van der Waals surface area (Å²) in [5, 5.41) is 1.28. The molecule has 0 saturated heterocycles. The Kier molecular flexibility index (Phi) is 3.07. The van der Waals surface area contributed by atoms with Crippen LogP contribution >= 0.6 is 11.6 Å². The molecule has 3 rings (SSSR count). The highest BCUT2D eigenvalue weighted by Crippen LogP contribution is 2.28. The van der Waals surface area contributed by atoms with Crippen LogP contribution in [0.2, 0.25) is 0 Å². The third-order valence-corrected chi connectivity index (χ3v) is 3.64. The molecule has 0 fully saturated rings. The molecule has 0 bridgehead atoms. The van der Waals surface area contributed by atoms with Gasteiger partial charge in [0.05, 0.1) is 5.38 Å². The number of para-hydroxylation sites is 1. The van der Waals surface area contributed by atoms with Crippen molar-refractivity contribution in [1.82, 2.24) is 4.98 Å². The predicted octanol–water partition coefficient (Wildman–Crippen LogP) is 4.69. The van der Waals surface area contributed by atoms with Gasteiger partial charge in [0.25, 0.3) is 0 Å². The molecule has 0 radical (unpaired) electrons. The summed E-state index contributed by atoms with van der Waals surface area (Å²) >= 11 is 6.48. The van der Waals surface area contributed by atoms with Crippen LogP contribution in [0.3, 0.4) is 0 Å². The predicted molar refractivity (Wildman–Crippen MR) is 77.0 cm³/mol. The highest BCUT2D eigenvalue weighted by atomic mass is 35.5. The van der Waals surface area contributed by atoms with E-state index < -0.39 is 0 Å². The van der Waals surface area contributed by atoms with E-state index in [2.05, 4.69) is 41.5 Å². The van der Waals surface area contributed by atoms with Gasteiger partial charge < -0.3 is 4.98 Å². The number of H-pyrrole nitrogens is 1. The summed E-state index contributed by atoms with van der Waals surface area (Å²) in [6, 6.07) is 18.5. The zero-order valence-corrected chi connectivity index (χ0v) is 10.7. The molecule has 0 aliphatic rings. The number of aromatic nitrogens is 1. The van der Waals surface area contributed by atoms with Crippen molar-refractivity contribution in [2.24, 2.45) is 0 Å². The third-order valence-electron chi connectivity index (χ3n) is 3.24. The van der Waals surface area contributed by atoms with Crippen molar-refractivity contribution >= 4 is 22.5 Å². The second-order valence-electron chi connectivity index (χ2n) is 4.44. The molecule has 0 aliphatic carbocycles. The lowest BCUT2D eigenvalue weighted by Crippen LogP contribution is -1.94. The number of halogens is 1. The molecule has 1 heterocycles. The second-order valence-corrected chi connectivity index (χ2v) is 4.97. The standard InChI is InChI=1S/C16H14ClN/c17-15(12-6-2-1-3-7-12)10-13-11-18-16-9-5-4-8-14(13)16/h1-9,11,15,18H,10H2. The average molecular weight is 256 g/mol. The summed E-state index contributed by atoms with van der Waals surface area (Å²) in [7, 11) is 0. The SMILES string of the molecule is ClC(Cc1c[nH]c2ccccc12)c1ccccc1. The topological polar surface area (TPSA) is 15.8 Å². The van der Waals surface area contributed by atoms with Gasteiger partial charge in [0.1, 0.15) is 0 Å². The molecule has 90 valence electrons. The maximum atomic E-state index is 6.48. The van der Waals surface area contributed by atoms with E-state index in [4.69, 9.17) is 11.6 Å². The summed E-state index contributed by atoms with van der Waals surface area (Å²) in [6.07, 6.45) is 2.90. The summed E-state index contributed by atoms with van der Waals surface area (Å²) < 4.78 is 0. The van der Waals surface area contributed by atoms with Crippen LogP contribution in [0.5, 0.6) is 0 Å². The van der Waals surface area contributed by atoms with E-state index in [1.165, 1.54) is 22.0 Å². The van der Waals surface area contributed by atoms with Crippen molar-refractivity contribution in [3.05, 3.63) is 71.9 Å². The first-order chi connectivity index (χ1) is 8.84. The molecule has 0 aliphatic heterocycles. The van der Waals surface area contributed by atoms with Crippen molar-refractivity contribution in [3.63, 3.8) is 0 Å². The minimum atomic E-state index is 0.0189. The number of benzene rings is 2. The van der Waals surface area contributed by atoms with E-state index in [0.29, 0.717) is 0 Å². The van der Waals surface area contributed by atoms with Crippen LogP contribution in [-0.2, 0) is 6.42 Å². The van der Waals surface area contributed by atoms with Gasteiger partial charge in [-0.1, -0.05) is 48.5 Å². The molecule has 3 aromatic rings. The van der Waals surface area contributed by atoms with Gasteiger partial charge >= 0.3 is 0 Å². The summed E-state index contributed by atoms with van der Waals surface area (Å²) in [6.45, 7) is 0. The highest BCUT2D eigenvalue weighted by molar-refractivity contribution is 6.21. The number of rotatable bonds is 3. The zero-order chi connectivity index (χ0) is 12.4. The van der Waals surface area contributed by atoms with E-state index in [0.717, 1.165) is 6.42 Å². The Labute approximate surface area is 111 Å². The molecule has 2 aromatic carbocycles. The second kappa shape index (κ2) is 4.87. The molecule has 1 unspecified atom stereocenters. The minimum absolute atomic E-state index is 0.0189. The molecular weight excluding hydrogens is 242 g/mol. The fraction of sp³-hybridized carbons (Fsp3) is 0.125. The van der Waals surface area contributed by atoms with Crippen molar-refractivity contribution in [2.75, 3.05) is 0 Å². The fourth-order valence-corrected chi connectivity index (χ4v) is 2.59. The fourth-order valence-electron chi connectivity index (χ4n) is 2.27. The van der Waals surface area contributed by atoms with Crippen molar-refractivity contribution in [3.8, 4) is 0 Å². The first-order valence-electron chi connectivity index (χ1n) is 6.08. The molecule has 0 spiro atoms. The lowest BCUT2D eigenvalue weighted by atomic mass is 10.0. The molecule has 1 aromatic heterocycles. The summed E-state index contributed by atoms with van der Waals surface area (Å²) in [5.41, 5.74) is 3.61. The van der Waals surface area contributed by atoms with Crippen molar-refractivity contribution in [2.45, 2.75) is 11.8 Å². The van der Waals surface area contributed by atoms with E-state index in [9.17, 15) is 0 Å². The number of fused-ring (bicyclic) bond motifs is 1. The number of aromatic amines is 1. The number of hydrogen-bond donors (Lipinski definition) is 1. The summed E-state index contributed by atoms with van der Waals surface area (Å²) in [5.74, 6) is 0. The van der Waals surface area contributed by atoms with Crippen LogP contribution in [0, 0.1) is 0 Å². The Balaban J connectivity index is 1.89. The molecular formula is C16H14ClN. The van der Waals surface area contributed by atoms with Crippen molar-refractivity contribution in [1.29, 1.82) is 0 Å². The van der Waals surface area contributed by atoms with E-state index in [1.54, 1.807) is 0 Å². The molecule has 0 saturated carbocycles. The third kappa shape index (κ3) is 2.14. The van der Waals surface area contributed by atoms with Crippen molar-refractivity contribution < 1.29 is 0 Å². The number of nitrogens with one attached hydrogen (secondary N) is 1. The molecule has 1 N–H and O–H groups in total. The van der Waals surface area contributed by atoms with E-state index in [1.807, 2.05) is 24.3 Å². The highest BCUT2D eigenvalue weighted by Gasteiger charge is 2.11. The van der Waals surface area contributed by atoms with Crippen LogP contribution in [0.4, 0.5) is 0 Å². The molecule has 0 amide bonds. The van der Waals surface area contributed by atoms with Gasteiger partial charge in [-0.25, -0.2) is 0 Å². The van der Waals surface area contributed by atoms with Gasteiger partial charge in [0, 0.05) is 17.1 Å². The van der Waals surface area contributed by atoms with Crippen LogP contribution in [0.1, 0.15) is 16.5 Å². The Morgan fingerprint density at radius 3 is 2.50 bits per heavy atom. The van der Waals surface area contributed by atoms with Gasteiger partial charge in [-0.3, -0.25) is 0 Å². The van der Waals surface area contributed by atoms with Gasteiger partial charge in [0.2, 0.25) is 0 Å². The van der Waals surface area contributed by atoms with E-state index >= 15 is 0 Å². The first kappa shape index (κ1) is 11.4. The monoisotopic (exact) mass is 255 g/mol. The van der Waals surface area contributed by atoms with Crippen LogP contribution < -0.4 is 0 Å². The van der Waals surface area contributed by atoms with Gasteiger partial charge in [0.15, 0.2) is 0 Å². The molecule has 18 heavy (non-hydrogen) atoms. The van der Waals surface area contributed by atoms with E-state index in [-0.39, 0.29) is 5.38 Å². The summed E-state index contributed by atoms with van der Waals surface area (Å²) in [4.78, 5) is 3.29. The minimum Gasteiger partial charge on any atom is -0.361 e. The van der Waals surface area contributed by atoms with Gasteiger partial charge in [-0.05, 0) is 23.6 Å². The number of hydrogen-bond acceptors (Lipinski definition) is 0. The van der Waals surface area contributed by atoms with Gasteiger partial charge in [-0.15, -0.1) is 11.6 Å².